The molecule has 2 bridgehead atoms. The van der Waals surface area contributed by atoms with Gasteiger partial charge in [-0.15, -0.1) is 0 Å². The molecule has 4 heteroatoms. The zero-order chi connectivity index (χ0) is 17.2. The lowest BCUT2D eigenvalue weighted by molar-refractivity contribution is -0.199. The Morgan fingerprint density at radius 1 is 1.12 bits per heavy atom. The van der Waals surface area contributed by atoms with Gasteiger partial charge in [-0.25, -0.2) is 0 Å². The maximum absolute atomic E-state index is 12.7. The Bertz CT molecular complexity index is 541. The third kappa shape index (κ3) is 3.71. The van der Waals surface area contributed by atoms with Crippen LogP contribution in [0.1, 0.15) is 44.6 Å². The summed E-state index contributed by atoms with van der Waals surface area (Å²) in [6.45, 7) is 2.84. The molecule has 4 nitrogen and oxygen atoms in total. The first-order chi connectivity index (χ1) is 11.5. The minimum Gasteiger partial charge on any atom is -0.353 e. The number of Topliss-reactive ketones (excluding diaryl/α,β-unsaturated/α-hetero) is 1. The second kappa shape index (κ2) is 7.34. The van der Waals surface area contributed by atoms with Crippen molar-refractivity contribution in [1.29, 1.82) is 0 Å². The van der Waals surface area contributed by atoms with Crippen LogP contribution in [0.4, 0.5) is 0 Å². The highest BCUT2D eigenvalue weighted by molar-refractivity contribution is 5.82. The first-order valence-corrected chi connectivity index (χ1v) is 8.97. The van der Waals surface area contributed by atoms with Crippen LogP contribution in [0.15, 0.2) is 30.3 Å². The highest BCUT2D eigenvalue weighted by Crippen LogP contribution is 2.40. The average molecular weight is 331 g/mol. The summed E-state index contributed by atoms with van der Waals surface area (Å²) in [7, 11) is 3.20. The van der Waals surface area contributed by atoms with Gasteiger partial charge in [0.05, 0.1) is 6.42 Å². The summed E-state index contributed by atoms with van der Waals surface area (Å²) in [5.74, 6) is -0.353. The number of ether oxygens (including phenoxy) is 2. The standard InChI is InChI=1S/C20H29NO3/c1-20(23-2,24-3)13-19(22)16-11-17-9-10-18(12-16)21(17)14-15-7-5-4-6-8-15/h4-8,16-18H,9-14H2,1-3H3. The van der Waals surface area contributed by atoms with Crippen LogP contribution in [0.5, 0.6) is 0 Å². The van der Waals surface area contributed by atoms with Crippen LogP contribution < -0.4 is 0 Å². The summed E-state index contributed by atoms with van der Waals surface area (Å²) in [5.41, 5.74) is 1.37. The molecule has 0 aromatic heterocycles. The molecule has 2 atom stereocenters. The van der Waals surface area contributed by atoms with Crippen molar-refractivity contribution in [3.8, 4) is 0 Å². The van der Waals surface area contributed by atoms with Gasteiger partial charge in [0.15, 0.2) is 5.79 Å². The van der Waals surface area contributed by atoms with Crippen molar-refractivity contribution in [2.45, 2.75) is 63.4 Å². The maximum Gasteiger partial charge on any atom is 0.171 e. The van der Waals surface area contributed by atoms with Gasteiger partial charge >= 0.3 is 0 Å². The number of benzene rings is 1. The fourth-order valence-corrected chi connectivity index (χ4v) is 4.28. The maximum atomic E-state index is 12.7. The van der Waals surface area contributed by atoms with Gasteiger partial charge in [0.25, 0.3) is 0 Å². The van der Waals surface area contributed by atoms with E-state index in [2.05, 4.69) is 35.2 Å². The van der Waals surface area contributed by atoms with Crippen molar-refractivity contribution >= 4 is 5.78 Å². The van der Waals surface area contributed by atoms with E-state index in [1.54, 1.807) is 14.2 Å². The van der Waals surface area contributed by atoms with Crippen molar-refractivity contribution < 1.29 is 14.3 Å². The minimum atomic E-state index is -0.794. The molecule has 24 heavy (non-hydrogen) atoms. The number of carbonyl (C=O) groups excluding carboxylic acids is 1. The van der Waals surface area contributed by atoms with E-state index in [4.69, 9.17) is 9.47 Å². The quantitative estimate of drug-likeness (QED) is 0.718. The number of piperidine rings is 1. The van der Waals surface area contributed by atoms with E-state index < -0.39 is 5.79 Å². The fourth-order valence-electron chi connectivity index (χ4n) is 4.28. The Kier molecular flexibility index (Phi) is 5.38. The summed E-state index contributed by atoms with van der Waals surface area (Å²) >= 11 is 0. The van der Waals surface area contributed by atoms with E-state index in [1.165, 1.54) is 18.4 Å². The Morgan fingerprint density at radius 3 is 2.25 bits per heavy atom. The van der Waals surface area contributed by atoms with Gasteiger partial charge in [0.1, 0.15) is 5.78 Å². The topological polar surface area (TPSA) is 38.8 Å². The van der Waals surface area contributed by atoms with Crippen molar-refractivity contribution in [2.75, 3.05) is 14.2 Å². The molecule has 2 saturated heterocycles. The largest absolute Gasteiger partial charge is 0.353 e. The van der Waals surface area contributed by atoms with Crippen LogP contribution in [0.2, 0.25) is 0 Å². The molecule has 0 saturated carbocycles. The lowest BCUT2D eigenvalue weighted by atomic mass is 9.85. The van der Waals surface area contributed by atoms with Crippen molar-refractivity contribution in [3.63, 3.8) is 0 Å². The van der Waals surface area contributed by atoms with Gasteiger partial charge in [0, 0.05) is 38.8 Å². The zero-order valence-corrected chi connectivity index (χ0v) is 15.0. The summed E-state index contributed by atoms with van der Waals surface area (Å²) in [6.07, 6.45) is 4.72. The van der Waals surface area contributed by atoms with Gasteiger partial charge in [-0.1, -0.05) is 30.3 Å². The average Bonchev–Trinajstić information content (AvgIpc) is 2.84. The van der Waals surface area contributed by atoms with E-state index >= 15 is 0 Å². The fraction of sp³-hybridized carbons (Fsp3) is 0.650. The van der Waals surface area contributed by atoms with Crippen molar-refractivity contribution in [2.24, 2.45) is 5.92 Å². The van der Waals surface area contributed by atoms with Crippen LogP contribution in [-0.2, 0) is 20.8 Å². The SMILES string of the molecule is COC(C)(CC(=O)C1CC2CCC(C1)N2Cc1ccccc1)OC. The van der Waals surface area contributed by atoms with Crippen LogP contribution >= 0.6 is 0 Å². The van der Waals surface area contributed by atoms with E-state index in [0.29, 0.717) is 18.5 Å². The monoisotopic (exact) mass is 331 g/mol. The zero-order valence-electron chi connectivity index (χ0n) is 15.0. The van der Waals surface area contributed by atoms with Gasteiger partial charge in [-0.3, -0.25) is 9.69 Å². The van der Waals surface area contributed by atoms with Crippen LogP contribution in [0.25, 0.3) is 0 Å². The number of hydrogen-bond donors (Lipinski definition) is 0. The molecule has 2 fully saturated rings. The Balaban J connectivity index is 1.61. The van der Waals surface area contributed by atoms with Crippen molar-refractivity contribution in [1.82, 2.24) is 4.90 Å². The highest BCUT2D eigenvalue weighted by Gasteiger charge is 2.43. The summed E-state index contributed by atoms with van der Waals surface area (Å²) in [6, 6.07) is 11.7. The molecule has 2 aliphatic rings. The van der Waals surface area contributed by atoms with Crippen LogP contribution in [0, 0.1) is 5.92 Å². The summed E-state index contributed by atoms with van der Waals surface area (Å²) in [5, 5.41) is 0. The van der Waals surface area contributed by atoms with E-state index in [0.717, 1.165) is 19.4 Å². The highest BCUT2D eigenvalue weighted by atomic mass is 16.7. The molecule has 0 N–H and O–H groups in total. The number of carbonyl (C=O) groups is 1. The molecule has 3 rings (SSSR count). The van der Waals surface area contributed by atoms with Gasteiger partial charge in [-0.2, -0.15) is 0 Å². The number of rotatable bonds is 7. The number of fused-ring (bicyclic) bond motifs is 2. The molecular formula is C20H29NO3. The minimum absolute atomic E-state index is 0.152. The molecule has 0 radical (unpaired) electrons. The molecule has 132 valence electrons. The number of ketones is 1. The van der Waals surface area contributed by atoms with E-state index in [1.807, 2.05) is 6.92 Å². The molecule has 2 unspecified atom stereocenters. The molecule has 0 amide bonds. The third-order valence-corrected chi connectivity index (χ3v) is 5.91. The smallest absolute Gasteiger partial charge is 0.171 e. The number of hydrogen-bond acceptors (Lipinski definition) is 4. The predicted molar refractivity (Wildman–Crippen MR) is 93.6 cm³/mol. The normalized spacial score (nSPS) is 27.4. The summed E-state index contributed by atoms with van der Waals surface area (Å²) < 4.78 is 10.7. The Labute approximate surface area is 145 Å². The third-order valence-electron chi connectivity index (χ3n) is 5.91. The molecule has 0 aliphatic carbocycles. The first kappa shape index (κ1) is 17.6. The molecule has 0 spiro atoms. The number of methoxy groups -OCH3 is 2. The number of nitrogens with zero attached hydrogens (tertiary/aromatic N) is 1. The summed E-state index contributed by atoms with van der Waals surface area (Å²) in [4.78, 5) is 15.4. The van der Waals surface area contributed by atoms with Crippen LogP contribution in [-0.4, -0.2) is 42.8 Å². The molecule has 1 aromatic rings. The lowest BCUT2D eigenvalue weighted by Crippen LogP contribution is -2.45. The van der Waals surface area contributed by atoms with E-state index in [9.17, 15) is 4.79 Å². The molecular weight excluding hydrogens is 302 g/mol. The van der Waals surface area contributed by atoms with Gasteiger partial charge in [-0.05, 0) is 38.2 Å². The van der Waals surface area contributed by atoms with Gasteiger partial charge in [0.2, 0.25) is 0 Å². The second-order valence-electron chi connectivity index (χ2n) is 7.40. The van der Waals surface area contributed by atoms with E-state index in [-0.39, 0.29) is 11.7 Å². The predicted octanol–water partition coefficient (Wildman–Crippen LogP) is 3.40. The molecule has 2 aliphatic heterocycles. The lowest BCUT2D eigenvalue weighted by Gasteiger charge is -2.39. The molecule has 1 aromatic carbocycles. The second-order valence-corrected chi connectivity index (χ2v) is 7.40. The Morgan fingerprint density at radius 2 is 1.71 bits per heavy atom. The van der Waals surface area contributed by atoms with Crippen LogP contribution in [0.3, 0.4) is 0 Å². The van der Waals surface area contributed by atoms with Gasteiger partial charge < -0.3 is 9.47 Å². The Hall–Kier alpha value is -1.23. The first-order valence-electron chi connectivity index (χ1n) is 8.97. The van der Waals surface area contributed by atoms with Crippen molar-refractivity contribution in [3.05, 3.63) is 35.9 Å². The molecule has 2 heterocycles.